The Kier molecular flexibility index (Phi) is 6.39. The summed E-state index contributed by atoms with van der Waals surface area (Å²) in [4.78, 5) is 17.3. The number of thiazole rings is 1. The number of carbonyl (C=O) groups is 1. The Labute approximate surface area is 198 Å². The number of hydrogen-bond donors (Lipinski definition) is 1. The molecule has 8 heteroatoms. The van der Waals surface area contributed by atoms with Gasteiger partial charge in [-0.25, -0.2) is 4.98 Å². The van der Waals surface area contributed by atoms with Crippen LogP contribution in [0.4, 0.5) is 5.69 Å². The smallest absolute Gasteiger partial charge is 0.262 e. The van der Waals surface area contributed by atoms with Crippen molar-refractivity contribution in [1.29, 1.82) is 0 Å². The third-order valence-electron chi connectivity index (χ3n) is 4.79. The summed E-state index contributed by atoms with van der Waals surface area (Å²) in [7, 11) is 0. The molecule has 0 fully saturated rings. The van der Waals surface area contributed by atoms with E-state index in [2.05, 4.69) is 10.3 Å². The Morgan fingerprint density at radius 3 is 2.32 bits per heavy atom. The highest BCUT2D eigenvalue weighted by atomic mass is 35.5. The van der Waals surface area contributed by atoms with Crippen molar-refractivity contribution in [2.75, 3.05) is 11.9 Å². The molecule has 0 aliphatic heterocycles. The van der Waals surface area contributed by atoms with Crippen LogP contribution in [-0.4, -0.2) is 17.5 Å². The van der Waals surface area contributed by atoms with Gasteiger partial charge in [0.2, 0.25) is 0 Å². The van der Waals surface area contributed by atoms with Crippen LogP contribution in [0, 0.1) is 13.8 Å². The van der Waals surface area contributed by atoms with Gasteiger partial charge < -0.3 is 10.1 Å². The molecule has 31 heavy (non-hydrogen) atoms. The van der Waals surface area contributed by atoms with E-state index < -0.39 is 0 Å². The number of carbonyl (C=O) groups excluding carboxylic acids is 1. The van der Waals surface area contributed by atoms with E-state index in [4.69, 9.17) is 39.5 Å². The highest BCUT2D eigenvalue weighted by Gasteiger charge is 2.19. The Balaban J connectivity index is 1.54. The van der Waals surface area contributed by atoms with Crippen molar-refractivity contribution in [2.45, 2.75) is 13.8 Å². The minimum absolute atomic E-state index is 0.248. The molecule has 0 bridgehead atoms. The van der Waals surface area contributed by atoms with Gasteiger partial charge in [-0.3, -0.25) is 4.79 Å². The molecular weight excluding hydrogens is 475 g/mol. The molecule has 1 aromatic heterocycles. The van der Waals surface area contributed by atoms with E-state index >= 15 is 0 Å². The fourth-order valence-corrected chi connectivity index (χ4v) is 4.95. The van der Waals surface area contributed by atoms with Crippen molar-refractivity contribution in [1.82, 2.24) is 4.98 Å². The van der Waals surface area contributed by atoms with Gasteiger partial charge in [0.25, 0.3) is 5.91 Å². The first-order valence-electron chi connectivity index (χ1n) is 9.38. The lowest BCUT2D eigenvalue weighted by Gasteiger charge is -2.16. The van der Waals surface area contributed by atoms with Gasteiger partial charge in [0, 0.05) is 10.6 Å². The number of ether oxygens (including phenoxy) is 1. The van der Waals surface area contributed by atoms with Gasteiger partial charge in [-0.1, -0.05) is 59.1 Å². The molecule has 0 unspecified atom stereocenters. The number of para-hydroxylation sites is 2. The average molecular weight is 492 g/mol. The number of aromatic nitrogens is 1. The largest absolute Gasteiger partial charge is 0.481 e. The minimum atomic E-state index is -0.342. The van der Waals surface area contributed by atoms with E-state index in [1.54, 1.807) is 25.2 Å². The maximum absolute atomic E-state index is 12.6. The Morgan fingerprint density at radius 1 is 0.968 bits per heavy atom. The molecule has 0 saturated heterocycles. The van der Waals surface area contributed by atoms with Crippen LogP contribution in [0.5, 0.6) is 5.75 Å². The first kappa shape index (κ1) is 21.9. The lowest BCUT2D eigenvalue weighted by molar-refractivity contribution is -0.118. The number of hydrogen-bond acceptors (Lipinski definition) is 4. The maximum Gasteiger partial charge on any atom is 0.262 e. The molecule has 158 valence electrons. The van der Waals surface area contributed by atoms with E-state index in [1.165, 1.54) is 0 Å². The van der Waals surface area contributed by atoms with Crippen LogP contribution in [0.3, 0.4) is 0 Å². The number of halogens is 3. The molecule has 4 nitrogen and oxygen atoms in total. The second kappa shape index (κ2) is 9.05. The van der Waals surface area contributed by atoms with Crippen molar-refractivity contribution in [2.24, 2.45) is 0 Å². The van der Waals surface area contributed by atoms with E-state index in [1.807, 2.05) is 48.5 Å². The summed E-state index contributed by atoms with van der Waals surface area (Å²) in [6, 6.07) is 15.4. The number of rotatable bonds is 5. The van der Waals surface area contributed by atoms with Crippen molar-refractivity contribution in [3.05, 3.63) is 74.7 Å². The third-order valence-corrected chi connectivity index (χ3v) is 7.34. The van der Waals surface area contributed by atoms with Gasteiger partial charge in [0.05, 0.1) is 25.9 Å². The highest BCUT2D eigenvalue weighted by molar-refractivity contribution is 7.21. The molecule has 0 radical (unpaired) electrons. The van der Waals surface area contributed by atoms with Crippen LogP contribution < -0.4 is 10.1 Å². The van der Waals surface area contributed by atoms with Gasteiger partial charge in [-0.15, -0.1) is 11.3 Å². The zero-order valence-corrected chi connectivity index (χ0v) is 19.7. The lowest BCUT2D eigenvalue weighted by Crippen LogP contribution is -2.21. The summed E-state index contributed by atoms with van der Waals surface area (Å²) in [5.41, 5.74) is 3.72. The molecule has 0 saturated carbocycles. The Morgan fingerprint density at radius 2 is 1.61 bits per heavy atom. The lowest BCUT2D eigenvalue weighted by atomic mass is 10.1. The molecule has 0 aliphatic rings. The molecule has 0 atom stereocenters. The molecular formula is C23H17Cl3N2O2S. The fourth-order valence-electron chi connectivity index (χ4n) is 3.13. The number of anilines is 1. The van der Waals surface area contributed by atoms with Crippen molar-refractivity contribution < 1.29 is 9.53 Å². The second-order valence-electron chi connectivity index (χ2n) is 6.89. The maximum atomic E-state index is 12.6. The highest BCUT2D eigenvalue weighted by Crippen LogP contribution is 2.42. The van der Waals surface area contributed by atoms with Crippen molar-refractivity contribution in [3.63, 3.8) is 0 Å². The number of amides is 1. The average Bonchev–Trinajstić information content (AvgIpc) is 3.21. The Hall–Kier alpha value is -2.31. The summed E-state index contributed by atoms with van der Waals surface area (Å²) in [6.45, 7) is 3.29. The van der Waals surface area contributed by atoms with Gasteiger partial charge in [0.15, 0.2) is 12.4 Å². The SMILES string of the molecule is Cc1c(Cl)c(C)c(Cl)c(OCC(=O)Nc2ccccc2-c2nc3ccccc3s2)c1Cl. The monoisotopic (exact) mass is 490 g/mol. The fraction of sp³-hybridized carbons (Fsp3) is 0.130. The van der Waals surface area contributed by atoms with E-state index in [0.717, 1.165) is 20.8 Å². The van der Waals surface area contributed by atoms with Gasteiger partial charge in [-0.05, 0) is 49.2 Å². The minimum Gasteiger partial charge on any atom is -0.481 e. The van der Waals surface area contributed by atoms with Crippen molar-refractivity contribution >= 4 is 68.0 Å². The Bertz CT molecular complexity index is 1240. The summed E-state index contributed by atoms with van der Waals surface area (Å²) >= 11 is 20.5. The molecule has 4 aromatic rings. The van der Waals surface area contributed by atoms with Crippen LogP contribution in [0.15, 0.2) is 48.5 Å². The van der Waals surface area contributed by atoms with Crippen LogP contribution in [0.1, 0.15) is 11.1 Å². The van der Waals surface area contributed by atoms with Crippen LogP contribution >= 0.6 is 46.1 Å². The normalized spacial score (nSPS) is 11.0. The predicted octanol–water partition coefficient (Wildman–Crippen LogP) is 7.56. The third kappa shape index (κ3) is 4.37. The first-order chi connectivity index (χ1) is 14.9. The quantitative estimate of drug-likeness (QED) is 0.313. The molecule has 4 rings (SSSR count). The van der Waals surface area contributed by atoms with Gasteiger partial charge in [-0.2, -0.15) is 0 Å². The second-order valence-corrected chi connectivity index (χ2v) is 9.05. The molecule has 0 aliphatic carbocycles. The summed E-state index contributed by atoms with van der Waals surface area (Å²) < 4.78 is 6.75. The standard InChI is InChI=1S/C23H17Cl3N2O2S/c1-12-19(24)13(2)21(26)22(20(12)25)30-11-18(29)27-15-8-4-3-7-14(15)23-28-16-9-5-6-10-17(16)31-23/h3-10H,11H2,1-2H3,(H,27,29). The summed E-state index contributed by atoms with van der Waals surface area (Å²) in [6.07, 6.45) is 0. The first-order valence-corrected chi connectivity index (χ1v) is 11.3. The zero-order chi connectivity index (χ0) is 22.1. The van der Waals surface area contributed by atoms with E-state index in [9.17, 15) is 4.79 Å². The molecule has 1 heterocycles. The number of benzene rings is 3. The topological polar surface area (TPSA) is 51.2 Å². The van der Waals surface area contributed by atoms with Gasteiger partial charge in [0.1, 0.15) is 5.01 Å². The molecule has 1 N–H and O–H groups in total. The van der Waals surface area contributed by atoms with Crippen LogP contribution in [0.25, 0.3) is 20.8 Å². The number of fused-ring (bicyclic) bond motifs is 1. The summed E-state index contributed by atoms with van der Waals surface area (Å²) in [5, 5.41) is 4.79. The van der Waals surface area contributed by atoms with Crippen LogP contribution in [-0.2, 0) is 4.79 Å². The van der Waals surface area contributed by atoms with Crippen molar-refractivity contribution in [3.8, 4) is 16.3 Å². The van der Waals surface area contributed by atoms with E-state index in [-0.39, 0.29) is 18.3 Å². The molecule has 3 aromatic carbocycles. The van der Waals surface area contributed by atoms with E-state index in [0.29, 0.717) is 31.9 Å². The predicted molar refractivity (Wildman–Crippen MR) is 130 cm³/mol. The molecule has 1 amide bonds. The number of nitrogens with zero attached hydrogens (tertiary/aromatic N) is 1. The summed E-state index contributed by atoms with van der Waals surface area (Å²) in [5.74, 6) is -0.0942. The van der Waals surface area contributed by atoms with Gasteiger partial charge >= 0.3 is 0 Å². The van der Waals surface area contributed by atoms with Crippen LogP contribution in [0.2, 0.25) is 15.1 Å². The molecule has 0 spiro atoms. The number of nitrogens with one attached hydrogen (secondary N) is 1. The zero-order valence-electron chi connectivity index (χ0n) is 16.6.